The van der Waals surface area contributed by atoms with E-state index >= 15 is 0 Å². The summed E-state index contributed by atoms with van der Waals surface area (Å²) >= 11 is 0. The maximum absolute atomic E-state index is 12.6. The van der Waals surface area contributed by atoms with Gasteiger partial charge in [0.15, 0.2) is 6.61 Å². The molecule has 1 N–H and O–H groups in total. The van der Waals surface area contributed by atoms with Crippen molar-refractivity contribution in [3.63, 3.8) is 0 Å². The molecule has 1 aliphatic rings. The Bertz CT molecular complexity index is 887. The van der Waals surface area contributed by atoms with E-state index in [4.69, 9.17) is 4.74 Å². The first-order valence-electron chi connectivity index (χ1n) is 9.80. The average Bonchev–Trinajstić information content (AvgIpc) is 2.96. The van der Waals surface area contributed by atoms with E-state index < -0.39 is 22.0 Å². The van der Waals surface area contributed by atoms with Crippen LogP contribution in [0.15, 0.2) is 34.2 Å². The third kappa shape index (κ3) is 5.14. The number of carbonyl (C=O) groups is 2. The van der Waals surface area contributed by atoms with Gasteiger partial charge in [0.25, 0.3) is 15.9 Å². The molecule has 0 aromatic heterocycles. The van der Waals surface area contributed by atoms with Crippen molar-refractivity contribution in [2.24, 2.45) is 4.99 Å². The number of nitrogens with one attached hydrogen (secondary N) is 1. The minimum Gasteiger partial charge on any atom is -0.454 e. The largest absolute Gasteiger partial charge is 0.454 e. The van der Waals surface area contributed by atoms with Crippen molar-refractivity contribution in [3.05, 3.63) is 29.8 Å². The summed E-state index contributed by atoms with van der Waals surface area (Å²) in [7, 11) is -3.68. The number of fused-ring (bicyclic) bond motifs is 1. The molecule has 0 bridgehead atoms. The van der Waals surface area contributed by atoms with Crippen LogP contribution in [0.1, 0.15) is 53.0 Å². The molecule has 0 unspecified atom stereocenters. The number of amidine groups is 1. The van der Waals surface area contributed by atoms with Gasteiger partial charge in [-0.25, -0.2) is 13.2 Å². The predicted octanol–water partition coefficient (Wildman–Crippen LogP) is 2.08. The maximum atomic E-state index is 12.6. The van der Waals surface area contributed by atoms with Gasteiger partial charge in [-0.3, -0.25) is 14.5 Å². The third-order valence-electron chi connectivity index (χ3n) is 5.08. The fourth-order valence-corrected chi connectivity index (χ4v) is 4.36. The van der Waals surface area contributed by atoms with Crippen molar-refractivity contribution in [1.82, 2.24) is 9.62 Å². The lowest BCUT2D eigenvalue weighted by Gasteiger charge is -2.33. The zero-order valence-electron chi connectivity index (χ0n) is 17.5. The van der Waals surface area contributed by atoms with Gasteiger partial charge in [0, 0.05) is 17.6 Å². The Hall–Kier alpha value is -2.42. The van der Waals surface area contributed by atoms with E-state index in [1.807, 2.05) is 27.7 Å². The van der Waals surface area contributed by atoms with Crippen LogP contribution < -0.4 is 4.72 Å². The molecule has 0 radical (unpaired) electrons. The van der Waals surface area contributed by atoms with Gasteiger partial charge < -0.3 is 9.64 Å². The molecule has 1 aliphatic heterocycles. The quantitative estimate of drug-likeness (QED) is 0.645. The molecule has 0 spiro atoms. The predicted molar refractivity (Wildman–Crippen MR) is 110 cm³/mol. The Kier molecular flexibility index (Phi) is 7.40. The van der Waals surface area contributed by atoms with Crippen LogP contribution in [-0.4, -0.2) is 55.8 Å². The van der Waals surface area contributed by atoms with Crippen molar-refractivity contribution >= 4 is 27.7 Å². The van der Waals surface area contributed by atoms with Crippen molar-refractivity contribution in [2.75, 3.05) is 6.61 Å². The van der Waals surface area contributed by atoms with Gasteiger partial charge in [0.05, 0.1) is 4.90 Å². The second-order valence-electron chi connectivity index (χ2n) is 7.18. The summed E-state index contributed by atoms with van der Waals surface area (Å²) in [6, 6.07) is 5.51. The number of ether oxygens (including phenoxy) is 1. The molecule has 1 aromatic rings. The Labute approximate surface area is 172 Å². The van der Waals surface area contributed by atoms with Gasteiger partial charge in [0.2, 0.25) is 0 Å². The van der Waals surface area contributed by atoms with Crippen LogP contribution in [-0.2, 0) is 24.3 Å². The lowest BCUT2D eigenvalue weighted by atomic mass is 10.1. The van der Waals surface area contributed by atoms with E-state index in [2.05, 4.69) is 9.71 Å². The fourth-order valence-electron chi connectivity index (χ4n) is 3.12. The molecule has 29 heavy (non-hydrogen) atoms. The number of benzene rings is 1. The number of esters is 1. The van der Waals surface area contributed by atoms with Crippen molar-refractivity contribution in [3.8, 4) is 0 Å². The Morgan fingerprint density at radius 2 is 1.69 bits per heavy atom. The van der Waals surface area contributed by atoms with E-state index in [1.165, 1.54) is 13.0 Å². The zero-order valence-corrected chi connectivity index (χ0v) is 18.3. The van der Waals surface area contributed by atoms with E-state index in [-0.39, 0.29) is 35.3 Å². The normalized spacial score (nSPS) is 19.0. The summed E-state index contributed by atoms with van der Waals surface area (Å²) in [4.78, 5) is 30.9. The number of carbonyl (C=O) groups excluding carboxylic acids is 2. The molecule has 1 heterocycles. The zero-order chi connectivity index (χ0) is 21.8. The van der Waals surface area contributed by atoms with Crippen LogP contribution in [0.3, 0.4) is 0 Å². The molecule has 0 aliphatic carbocycles. The maximum Gasteiger partial charge on any atom is 0.331 e. The van der Waals surface area contributed by atoms with Crippen molar-refractivity contribution < 1.29 is 22.7 Å². The Morgan fingerprint density at radius 1 is 1.10 bits per heavy atom. The summed E-state index contributed by atoms with van der Waals surface area (Å²) in [5.41, 5.74) is 0.406. The standard InChI is InChI=1S/C20H29N3O5S/c1-6-13(3)23(14(4)7-2)18(24)12-28-20(25)15(5)21-19-16-10-8-9-11-17(16)29(26,27)22-19/h8-11,13-15H,6-7,12H2,1-5H3,(H,21,22)/t13-,14-,15-/m0/s1. The highest BCUT2D eigenvalue weighted by Crippen LogP contribution is 2.22. The van der Waals surface area contributed by atoms with Crippen molar-refractivity contribution in [2.45, 2.75) is 70.5 Å². The summed E-state index contributed by atoms with van der Waals surface area (Å²) in [5, 5.41) is 0. The molecule has 2 rings (SSSR count). The molecule has 8 nitrogen and oxygen atoms in total. The number of nitrogens with zero attached hydrogens (tertiary/aromatic N) is 2. The van der Waals surface area contributed by atoms with Gasteiger partial charge in [-0.2, -0.15) is 0 Å². The lowest BCUT2D eigenvalue weighted by molar-refractivity contribution is -0.154. The summed E-state index contributed by atoms with van der Waals surface area (Å²) in [6.07, 6.45) is 1.60. The lowest BCUT2D eigenvalue weighted by Crippen LogP contribution is -2.46. The van der Waals surface area contributed by atoms with Gasteiger partial charge in [0.1, 0.15) is 11.9 Å². The topological polar surface area (TPSA) is 105 Å². The smallest absolute Gasteiger partial charge is 0.331 e. The molecule has 0 saturated carbocycles. The molecule has 0 saturated heterocycles. The summed E-state index contributed by atoms with van der Waals surface area (Å²) < 4.78 is 31.8. The highest BCUT2D eigenvalue weighted by molar-refractivity contribution is 7.90. The van der Waals surface area contributed by atoms with Gasteiger partial charge in [-0.15, -0.1) is 0 Å². The van der Waals surface area contributed by atoms with E-state index in [0.29, 0.717) is 5.56 Å². The molecule has 160 valence electrons. The van der Waals surface area contributed by atoms with Crippen LogP contribution in [0.4, 0.5) is 0 Å². The second-order valence-corrected chi connectivity index (χ2v) is 8.83. The highest BCUT2D eigenvalue weighted by atomic mass is 32.2. The Morgan fingerprint density at radius 3 is 2.28 bits per heavy atom. The van der Waals surface area contributed by atoms with Crippen LogP contribution >= 0.6 is 0 Å². The third-order valence-corrected chi connectivity index (χ3v) is 6.48. The van der Waals surface area contributed by atoms with Gasteiger partial charge >= 0.3 is 5.97 Å². The van der Waals surface area contributed by atoms with Crippen LogP contribution in [0.2, 0.25) is 0 Å². The Balaban J connectivity index is 2.06. The van der Waals surface area contributed by atoms with E-state index in [9.17, 15) is 18.0 Å². The summed E-state index contributed by atoms with van der Waals surface area (Å²) in [6.45, 7) is 9.05. The van der Waals surface area contributed by atoms with E-state index in [1.54, 1.807) is 23.1 Å². The van der Waals surface area contributed by atoms with Crippen LogP contribution in [0.25, 0.3) is 0 Å². The SMILES string of the molecule is CC[C@H](C)N(C(=O)COC(=O)[C@H](C)N=C1NS(=O)(=O)c2ccccc21)[C@@H](C)CC. The second kappa shape index (κ2) is 9.39. The number of sulfonamides is 1. The summed E-state index contributed by atoms with van der Waals surface area (Å²) in [5.74, 6) is -0.853. The minimum absolute atomic E-state index is 0.0400. The molecular weight excluding hydrogens is 394 g/mol. The minimum atomic E-state index is -3.68. The van der Waals surface area contributed by atoms with Crippen LogP contribution in [0.5, 0.6) is 0 Å². The fraction of sp³-hybridized carbons (Fsp3) is 0.550. The molecule has 1 aromatic carbocycles. The first-order chi connectivity index (χ1) is 13.6. The van der Waals surface area contributed by atoms with E-state index in [0.717, 1.165) is 12.8 Å². The van der Waals surface area contributed by atoms with Crippen molar-refractivity contribution in [1.29, 1.82) is 0 Å². The monoisotopic (exact) mass is 423 g/mol. The number of hydrogen-bond donors (Lipinski definition) is 1. The molecule has 9 heteroatoms. The van der Waals surface area contributed by atoms with Crippen LogP contribution in [0, 0.1) is 0 Å². The van der Waals surface area contributed by atoms with Gasteiger partial charge in [-0.1, -0.05) is 26.0 Å². The number of aliphatic imine (C=N–C) groups is 1. The highest BCUT2D eigenvalue weighted by Gasteiger charge is 2.31. The average molecular weight is 424 g/mol. The molecule has 0 fully saturated rings. The molecule has 3 atom stereocenters. The molecule has 1 amide bonds. The number of hydrogen-bond acceptors (Lipinski definition) is 6. The number of rotatable bonds is 8. The molecular formula is C20H29N3O5S. The number of amides is 1. The first-order valence-corrected chi connectivity index (χ1v) is 11.3. The first kappa shape index (κ1) is 22.9. The van der Waals surface area contributed by atoms with Gasteiger partial charge in [-0.05, 0) is 45.7 Å².